The van der Waals surface area contributed by atoms with Crippen LogP contribution in [-0.2, 0) is 10.0 Å². The molecule has 0 saturated heterocycles. The van der Waals surface area contributed by atoms with Gasteiger partial charge in [-0.05, 0) is 30.3 Å². The van der Waals surface area contributed by atoms with Crippen LogP contribution in [0.1, 0.15) is 10.4 Å². The maximum atomic E-state index is 13.7. The van der Waals surface area contributed by atoms with Gasteiger partial charge in [0.25, 0.3) is 10.0 Å². The van der Waals surface area contributed by atoms with Crippen LogP contribution in [0.3, 0.4) is 0 Å². The van der Waals surface area contributed by atoms with Crippen molar-refractivity contribution in [1.29, 1.82) is 0 Å². The van der Waals surface area contributed by atoms with E-state index in [0.717, 1.165) is 3.97 Å². The zero-order valence-corrected chi connectivity index (χ0v) is 18.7. The lowest BCUT2D eigenvalue weighted by atomic mass is 10.1. The van der Waals surface area contributed by atoms with E-state index in [2.05, 4.69) is 4.98 Å². The van der Waals surface area contributed by atoms with Gasteiger partial charge >= 0.3 is 0 Å². The van der Waals surface area contributed by atoms with Crippen molar-refractivity contribution >= 4 is 26.8 Å². The third kappa shape index (κ3) is 4.49. The molecule has 4 rings (SSSR count). The molecule has 0 N–H and O–H groups in total. The van der Waals surface area contributed by atoms with Gasteiger partial charge in [-0.2, -0.15) is 0 Å². The minimum absolute atomic E-state index is 0.0226. The predicted molar refractivity (Wildman–Crippen MR) is 122 cm³/mol. The summed E-state index contributed by atoms with van der Waals surface area (Å²) in [6, 6.07) is 14.9. The van der Waals surface area contributed by atoms with Crippen molar-refractivity contribution in [3.05, 3.63) is 96.7 Å². The topological polar surface area (TPSA) is 81.5 Å². The molecular formula is C24H20FN3O4S. The Morgan fingerprint density at radius 2 is 1.85 bits per heavy atom. The zero-order chi connectivity index (χ0) is 23.6. The Kier molecular flexibility index (Phi) is 5.97. The fourth-order valence-electron chi connectivity index (χ4n) is 3.22. The van der Waals surface area contributed by atoms with Gasteiger partial charge in [0, 0.05) is 44.8 Å². The minimum atomic E-state index is -4.05. The number of ether oxygens (including phenoxy) is 1. The predicted octanol–water partition coefficient (Wildman–Crippen LogP) is 4.46. The standard InChI is InChI=1S/C24H20FN3O4S/c1-27(2)14-12-21(29)20-16-28(33(30,31)19-9-4-3-5-10-19)24-23(20)22(11-13-26-24)32-18-8-6-7-17(25)15-18/h3-16H,1-2H3/b14-12+. The number of hydrogen-bond donors (Lipinski definition) is 0. The van der Waals surface area contributed by atoms with Gasteiger partial charge < -0.3 is 9.64 Å². The second-order valence-corrected chi connectivity index (χ2v) is 9.18. The Morgan fingerprint density at radius 3 is 2.55 bits per heavy atom. The third-order valence-electron chi connectivity index (χ3n) is 4.73. The van der Waals surface area contributed by atoms with E-state index in [-0.39, 0.29) is 33.0 Å². The van der Waals surface area contributed by atoms with Crippen molar-refractivity contribution in [1.82, 2.24) is 13.9 Å². The highest BCUT2D eigenvalue weighted by Gasteiger charge is 2.26. The Balaban J connectivity index is 1.95. The number of carbonyl (C=O) groups excluding carboxylic acids is 1. The summed E-state index contributed by atoms with van der Waals surface area (Å²) in [5.74, 6) is -0.558. The molecule has 7 nitrogen and oxygen atoms in total. The van der Waals surface area contributed by atoms with E-state index in [1.165, 1.54) is 54.9 Å². The minimum Gasteiger partial charge on any atom is -0.456 e. The number of pyridine rings is 1. The van der Waals surface area contributed by atoms with Crippen LogP contribution in [-0.4, -0.2) is 42.2 Å². The molecular weight excluding hydrogens is 445 g/mol. The van der Waals surface area contributed by atoms with Crippen molar-refractivity contribution < 1.29 is 22.3 Å². The van der Waals surface area contributed by atoms with Crippen LogP contribution in [0.25, 0.3) is 11.0 Å². The maximum Gasteiger partial charge on any atom is 0.269 e. The molecule has 0 aliphatic heterocycles. The Hall–Kier alpha value is -3.98. The molecule has 9 heteroatoms. The van der Waals surface area contributed by atoms with Gasteiger partial charge in [0.1, 0.15) is 17.3 Å². The second-order valence-electron chi connectivity index (χ2n) is 7.37. The van der Waals surface area contributed by atoms with Crippen LogP contribution in [0.2, 0.25) is 0 Å². The summed E-state index contributed by atoms with van der Waals surface area (Å²) < 4.78 is 47.2. The largest absolute Gasteiger partial charge is 0.456 e. The summed E-state index contributed by atoms with van der Waals surface area (Å²) in [5.41, 5.74) is 0.108. The second kappa shape index (κ2) is 8.87. The lowest BCUT2D eigenvalue weighted by Crippen LogP contribution is -2.12. The molecule has 168 valence electrons. The summed E-state index contributed by atoms with van der Waals surface area (Å²) in [5, 5.41) is 0.203. The van der Waals surface area contributed by atoms with E-state index >= 15 is 0 Å². The molecule has 0 atom stereocenters. The average Bonchev–Trinajstić information content (AvgIpc) is 3.20. The molecule has 0 saturated carbocycles. The van der Waals surface area contributed by atoms with E-state index in [1.54, 1.807) is 49.5 Å². The SMILES string of the molecule is CN(C)/C=C/C(=O)c1cn(S(=O)(=O)c2ccccc2)c2nccc(Oc3cccc(F)c3)c12. The van der Waals surface area contributed by atoms with Crippen molar-refractivity contribution in [3.63, 3.8) is 0 Å². The molecule has 33 heavy (non-hydrogen) atoms. The first-order valence-corrected chi connectivity index (χ1v) is 11.3. The molecule has 0 unspecified atom stereocenters. The normalized spacial score (nSPS) is 11.7. The number of nitrogens with zero attached hydrogens (tertiary/aromatic N) is 3. The molecule has 2 aromatic heterocycles. The molecule has 2 heterocycles. The number of hydrogen-bond acceptors (Lipinski definition) is 6. The first kappa shape index (κ1) is 22.2. The fourth-order valence-corrected chi connectivity index (χ4v) is 4.56. The van der Waals surface area contributed by atoms with Crippen molar-refractivity contribution in [2.75, 3.05) is 14.1 Å². The number of carbonyl (C=O) groups is 1. The van der Waals surface area contributed by atoms with Gasteiger partial charge in [-0.3, -0.25) is 4.79 Å². The summed E-state index contributed by atoms with van der Waals surface area (Å²) in [4.78, 5) is 19.0. The van der Waals surface area contributed by atoms with Crippen molar-refractivity contribution in [2.45, 2.75) is 4.90 Å². The first-order chi connectivity index (χ1) is 15.8. The summed E-state index contributed by atoms with van der Waals surface area (Å²) in [7, 11) is -0.540. The maximum absolute atomic E-state index is 13.7. The lowest BCUT2D eigenvalue weighted by Gasteiger charge is -2.09. The third-order valence-corrected chi connectivity index (χ3v) is 6.39. The monoisotopic (exact) mass is 465 g/mol. The molecule has 0 bridgehead atoms. The first-order valence-electron chi connectivity index (χ1n) is 9.90. The van der Waals surface area contributed by atoms with Gasteiger partial charge in [0.15, 0.2) is 11.4 Å². The van der Waals surface area contributed by atoms with Crippen LogP contribution in [0, 0.1) is 5.82 Å². The smallest absolute Gasteiger partial charge is 0.269 e. The Labute approximate surface area is 190 Å². The lowest BCUT2D eigenvalue weighted by molar-refractivity contribution is 0.104. The van der Waals surface area contributed by atoms with E-state index in [9.17, 15) is 17.6 Å². The van der Waals surface area contributed by atoms with E-state index < -0.39 is 21.6 Å². The highest BCUT2D eigenvalue weighted by atomic mass is 32.2. The molecule has 4 aromatic rings. The van der Waals surface area contributed by atoms with Crippen LogP contribution < -0.4 is 4.74 Å². The number of benzene rings is 2. The van der Waals surface area contributed by atoms with E-state index in [1.807, 2.05) is 0 Å². The summed E-state index contributed by atoms with van der Waals surface area (Å²) >= 11 is 0. The zero-order valence-electron chi connectivity index (χ0n) is 17.8. The fraction of sp³-hybridized carbons (Fsp3) is 0.0833. The summed E-state index contributed by atoms with van der Waals surface area (Å²) in [6.07, 6.45) is 5.49. The average molecular weight is 466 g/mol. The van der Waals surface area contributed by atoms with Gasteiger partial charge in [-0.25, -0.2) is 21.8 Å². The van der Waals surface area contributed by atoms with E-state index in [4.69, 9.17) is 4.74 Å². The number of halogens is 1. The molecule has 0 fully saturated rings. The molecule has 0 aliphatic rings. The molecule has 0 aliphatic carbocycles. The number of ketones is 1. The van der Waals surface area contributed by atoms with Crippen LogP contribution in [0.5, 0.6) is 11.5 Å². The highest BCUT2D eigenvalue weighted by Crippen LogP contribution is 2.35. The van der Waals surface area contributed by atoms with Gasteiger partial charge in [0.2, 0.25) is 0 Å². The van der Waals surface area contributed by atoms with E-state index in [0.29, 0.717) is 0 Å². The van der Waals surface area contributed by atoms with Crippen LogP contribution >= 0.6 is 0 Å². The molecule has 0 radical (unpaired) electrons. The Morgan fingerprint density at radius 1 is 1.09 bits per heavy atom. The number of fused-ring (bicyclic) bond motifs is 1. The molecule has 0 spiro atoms. The van der Waals surface area contributed by atoms with Gasteiger partial charge in [-0.1, -0.05) is 24.3 Å². The van der Waals surface area contributed by atoms with Gasteiger partial charge in [-0.15, -0.1) is 0 Å². The number of allylic oxidation sites excluding steroid dienone is 1. The Bertz CT molecular complexity index is 1460. The highest BCUT2D eigenvalue weighted by molar-refractivity contribution is 7.90. The van der Waals surface area contributed by atoms with Crippen LogP contribution in [0.4, 0.5) is 4.39 Å². The number of rotatable bonds is 7. The van der Waals surface area contributed by atoms with Crippen molar-refractivity contribution in [3.8, 4) is 11.5 Å². The quantitative estimate of drug-likeness (QED) is 0.296. The molecule has 0 amide bonds. The number of aromatic nitrogens is 2. The van der Waals surface area contributed by atoms with Crippen molar-refractivity contribution in [2.24, 2.45) is 0 Å². The summed E-state index contributed by atoms with van der Waals surface area (Å²) in [6.45, 7) is 0. The van der Waals surface area contributed by atoms with Crippen LogP contribution in [0.15, 0.2) is 90.2 Å². The molecule has 2 aromatic carbocycles. The van der Waals surface area contributed by atoms with Gasteiger partial charge in [0.05, 0.1) is 15.8 Å².